The van der Waals surface area contributed by atoms with Crippen LogP contribution in [-0.4, -0.2) is 43.0 Å². The molecule has 0 radical (unpaired) electrons. The molecule has 1 aliphatic carbocycles. The number of hydrogen-bond donors (Lipinski definition) is 1. The smallest absolute Gasteiger partial charge is 0.236 e. The van der Waals surface area contributed by atoms with Gasteiger partial charge in [-0.1, -0.05) is 25.7 Å². The van der Waals surface area contributed by atoms with Crippen LogP contribution in [0.15, 0.2) is 0 Å². The van der Waals surface area contributed by atoms with Gasteiger partial charge in [0.2, 0.25) is 11.8 Å². The molecule has 0 aromatic rings. The van der Waals surface area contributed by atoms with Crippen LogP contribution in [0.25, 0.3) is 0 Å². The van der Waals surface area contributed by atoms with Crippen molar-refractivity contribution in [1.29, 1.82) is 0 Å². The van der Waals surface area contributed by atoms with Gasteiger partial charge in [-0.05, 0) is 12.8 Å². The van der Waals surface area contributed by atoms with E-state index in [2.05, 4.69) is 0 Å². The molecule has 1 saturated heterocycles. The maximum Gasteiger partial charge on any atom is 0.236 e. The fourth-order valence-electron chi connectivity index (χ4n) is 3.42. The number of methoxy groups -OCH3 is 1. The van der Waals surface area contributed by atoms with Gasteiger partial charge < -0.3 is 10.5 Å². The summed E-state index contributed by atoms with van der Waals surface area (Å²) in [5.74, 6) is -0.0775. The molecule has 1 aliphatic heterocycles. The van der Waals surface area contributed by atoms with E-state index >= 15 is 0 Å². The Morgan fingerprint density at radius 1 is 1.26 bits per heavy atom. The van der Waals surface area contributed by atoms with Crippen LogP contribution < -0.4 is 5.73 Å². The summed E-state index contributed by atoms with van der Waals surface area (Å²) in [6.07, 6.45) is 6.49. The van der Waals surface area contributed by atoms with Crippen molar-refractivity contribution in [3.05, 3.63) is 0 Å². The molecule has 1 saturated carbocycles. The van der Waals surface area contributed by atoms with Crippen LogP contribution in [0.3, 0.4) is 0 Å². The summed E-state index contributed by atoms with van der Waals surface area (Å²) < 4.78 is 5.08. The third-order valence-corrected chi connectivity index (χ3v) is 4.49. The topological polar surface area (TPSA) is 72.6 Å². The molecule has 1 spiro atoms. The van der Waals surface area contributed by atoms with Crippen LogP contribution >= 0.6 is 0 Å². The highest BCUT2D eigenvalue weighted by atomic mass is 16.5. The van der Waals surface area contributed by atoms with Crippen LogP contribution in [0.5, 0.6) is 0 Å². The van der Waals surface area contributed by atoms with E-state index in [0.29, 0.717) is 13.0 Å². The zero-order valence-corrected chi connectivity index (χ0v) is 11.7. The van der Waals surface area contributed by atoms with E-state index in [1.165, 1.54) is 17.7 Å². The van der Waals surface area contributed by atoms with Crippen molar-refractivity contribution in [1.82, 2.24) is 4.90 Å². The van der Waals surface area contributed by atoms with Gasteiger partial charge in [0.1, 0.15) is 0 Å². The minimum atomic E-state index is -0.436. The molecule has 2 rings (SSSR count). The Balaban J connectivity index is 2.19. The first-order valence-corrected chi connectivity index (χ1v) is 7.20. The number of rotatable bonds is 4. The van der Waals surface area contributed by atoms with E-state index < -0.39 is 5.41 Å². The SMILES string of the molecule is COCC(CN)N1C(=O)CC2(CCCCCC2)C1=O. The van der Waals surface area contributed by atoms with Crippen molar-refractivity contribution in [2.24, 2.45) is 11.1 Å². The molecular weight excluding hydrogens is 244 g/mol. The van der Waals surface area contributed by atoms with Crippen LogP contribution in [-0.2, 0) is 14.3 Å². The van der Waals surface area contributed by atoms with E-state index in [1.54, 1.807) is 7.11 Å². The number of likely N-dealkylation sites (tertiary alicyclic amines) is 1. The Kier molecular flexibility index (Phi) is 4.58. The Bertz CT molecular complexity index is 349. The molecule has 108 valence electrons. The minimum Gasteiger partial charge on any atom is -0.382 e. The predicted molar refractivity (Wildman–Crippen MR) is 71.3 cm³/mol. The maximum absolute atomic E-state index is 12.7. The summed E-state index contributed by atoms with van der Waals surface area (Å²) >= 11 is 0. The van der Waals surface area contributed by atoms with E-state index in [0.717, 1.165) is 25.7 Å². The second kappa shape index (κ2) is 6.01. The molecule has 0 bridgehead atoms. The van der Waals surface area contributed by atoms with Gasteiger partial charge in [-0.2, -0.15) is 0 Å². The number of carbonyl (C=O) groups excluding carboxylic acids is 2. The average molecular weight is 268 g/mol. The molecule has 1 heterocycles. The first-order valence-electron chi connectivity index (χ1n) is 7.20. The van der Waals surface area contributed by atoms with Gasteiger partial charge in [0.15, 0.2) is 0 Å². The summed E-state index contributed by atoms with van der Waals surface area (Å²) in [6, 6.07) is -0.312. The normalized spacial score (nSPS) is 24.8. The van der Waals surface area contributed by atoms with Crippen molar-refractivity contribution >= 4 is 11.8 Å². The predicted octanol–water partition coefficient (Wildman–Crippen LogP) is 1.06. The molecule has 2 aliphatic rings. The molecular formula is C14H24N2O3. The highest BCUT2D eigenvalue weighted by Gasteiger charge is 2.52. The first kappa shape index (κ1) is 14.5. The van der Waals surface area contributed by atoms with Gasteiger partial charge in [-0.15, -0.1) is 0 Å². The minimum absolute atomic E-state index is 0.00750. The third-order valence-electron chi connectivity index (χ3n) is 4.49. The third kappa shape index (κ3) is 2.67. The zero-order chi connectivity index (χ0) is 13.9. The number of imide groups is 1. The van der Waals surface area contributed by atoms with Gasteiger partial charge in [-0.25, -0.2) is 0 Å². The van der Waals surface area contributed by atoms with E-state index in [9.17, 15) is 9.59 Å². The Hall–Kier alpha value is -0.940. The summed E-state index contributed by atoms with van der Waals surface area (Å²) in [5, 5.41) is 0. The Labute approximate surface area is 114 Å². The summed E-state index contributed by atoms with van der Waals surface area (Å²) in [5.41, 5.74) is 5.25. The monoisotopic (exact) mass is 268 g/mol. The molecule has 1 unspecified atom stereocenters. The second-order valence-corrected chi connectivity index (χ2v) is 5.79. The van der Waals surface area contributed by atoms with Gasteiger partial charge in [0, 0.05) is 20.1 Å². The number of nitrogens with zero attached hydrogens (tertiary/aromatic N) is 1. The Morgan fingerprint density at radius 3 is 2.42 bits per heavy atom. The van der Waals surface area contributed by atoms with Gasteiger partial charge in [0.05, 0.1) is 18.1 Å². The lowest BCUT2D eigenvalue weighted by molar-refractivity contribution is -0.145. The summed E-state index contributed by atoms with van der Waals surface area (Å²) in [7, 11) is 1.56. The van der Waals surface area contributed by atoms with Crippen LogP contribution in [0.4, 0.5) is 0 Å². The molecule has 2 N–H and O–H groups in total. The quantitative estimate of drug-likeness (QED) is 0.774. The second-order valence-electron chi connectivity index (χ2n) is 5.79. The van der Waals surface area contributed by atoms with Gasteiger partial charge in [-0.3, -0.25) is 14.5 Å². The number of ether oxygens (including phenoxy) is 1. The molecule has 5 nitrogen and oxygen atoms in total. The van der Waals surface area contributed by atoms with Crippen molar-refractivity contribution in [2.75, 3.05) is 20.3 Å². The fraction of sp³-hybridized carbons (Fsp3) is 0.857. The molecule has 2 fully saturated rings. The van der Waals surface area contributed by atoms with Crippen molar-refractivity contribution in [3.8, 4) is 0 Å². The highest BCUT2D eigenvalue weighted by Crippen LogP contribution is 2.44. The van der Waals surface area contributed by atoms with Gasteiger partial charge >= 0.3 is 0 Å². The average Bonchev–Trinajstić information content (AvgIpc) is 2.59. The van der Waals surface area contributed by atoms with E-state index in [1.807, 2.05) is 0 Å². The van der Waals surface area contributed by atoms with Crippen molar-refractivity contribution in [3.63, 3.8) is 0 Å². The van der Waals surface area contributed by atoms with Crippen molar-refractivity contribution in [2.45, 2.75) is 51.0 Å². The molecule has 2 amide bonds. The molecule has 5 heteroatoms. The zero-order valence-electron chi connectivity index (χ0n) is 11.7. The number of nitrogens with two attached hydrogens (primary N) is 1. The lowest BCUT2D eigenvalue weighted by Gasteiger charge is -2.28. The number of hydrogen-bond acceptors (Lipinski definition) is 4. The molecule has 19 heavy (non-hydrogen) atoms. The highest BCUT2D eigenvalue weighted by molar-refractivity contribution is 6.06. The largest absolute Gasteiger partial charge is 0.382 e. The lowest BCUT2D eigenvalue weighted by atomic mass is 9.79. The Morgan fingerprint density at radius 2 is 1.89 bits per heavy atom. The lowest BCUT2D eigenvalue weighted by Crippen LogP contribution is -2.48. The van der Waals surface area contributed by atoms with Crippen LogP contribution in [0, 0.1) is 5.41 Å². The van der Waals surface area contributed by atoms with Crippen molar-refractivity contribution < 1.29 is 14.3 Å². The summed E-state index contributed by atoms with van der Waals surface area (Å²) in [4.78, 5) is 26.3. The first-order chi connectivity index (χ1) is 9.14. The van der Waals surface area contributed by atoms with E-state index in [-0.39, 0.29) is 24.4 Å². The summed E-state index contributed by atoms with van der Waals surface area (Å²) in [6.45, 7) is 0.589. The van der Waals surface area contributed by atoms with Gasteiger partial charge in [0.25, 0.3) is 0 Å². The standard InChI is InChI=1S/C14H24N2O3/c1-19-10-11(9-15)16-12(17)8-14(13(16)18)6-4-2-3-5-7-14/h11H,2-10,15H2,1H3. The number of amides is 2. The van der Waals surface area contributed by atoms with Crippen LogP contribution in [0.2, 0.25) is 0 Å². The van der Waals surface area contributed by atoms with Crippen LogP contribution in [0.1, 0.15) is 44.9 Å². The molecule has 0 aromatic heterocycles. The van der Waals surface area contributed by atoms with E-state index in [4.69, 9.17) is 10.5 Å². The fourth-order valence-corrected chi connectivity index (χ4v) is 3.42. The molecule has 0 aromatic carbocycles. The number of carbonyl (C=O) groups is 2. The maximum atomic E-state index is 12.7. The molecule has 1 atom stereocenters.